The Bertz CT molecular complexity index is 311. The van der Waals surface area contributed by atoms with E-state index in [9.17, 15) is 0 Å². The molecule has 0 bridgehead atoms. The molecule has 0 heteroatoms. The third-order valence-electron chi connectivity index (χ3n) is 1.77. The highest BCUT2D eigenvalue weighted by Crippen LogP contribution is 2.05. The van der Waals surface area contributed by atoms with Gasteiger partial charge < -0.3 is 0 Å². The molecular weight excluding hydrogens is 156 g/mol. The van der Waals surface area contributed by atoms with Crippen LogP contribution in [0.25, 0.3) is 0 Å². The van der Waals surface area contributed by atoms with E-state index >= 15 is 0 Å². The van der Waals surface area contributed by atoms with Crippen LogP contribution in [0.4, 0.5) is 0 Å². The lowest BCUT2D eigenvalue weighted by Crippen LogP contribution is -1.87. The van der Waals surface area contributed by atoms with E-state index in [0.717, 1.165) is 17.5 Å². The molecule has 0 atom stereocenters. The van der Waals surface area contributed by atoms with Gasteiger partial charge in [-0.05, 0) is 41.8 Å². The summed E-state index contributed by atoms with van der Waals surface area (Å²) in [4.78, 5) is 0. The lowest BCUT2D eigenvalue weighted by Gasteiger charge is -1.98. The summed E-state index contributed by atoms with van der Waals surface area (Å²) in [7, 11) is 0. The normalized spacial score (nSPS) is 9.85. The SMILES string of the molecule is [c]1ccc[c]c1Cc1[c]ccc[c]1. The Morgan fingerprint density at radius 1 is 0.692 bits per heavy atom. The van der Waals surface area contributed by atoms with E-state index in [2.05, 4.69) is 24.3 Å². The van der Waals surface area contributed by atoms with Gasteiger partial charge in [-0.1, -0.05) is 36.4 Å². The average molecular weight is 164 g/mol. The molecular formula is C13H8. The van der Waals surface area contributed by atoms with Crippen LogP contribution in [-0.4, -0.2) is 0 Å². The van der Waals surface area contributed by atoms with Crippen LogP contribution >= 0.6 is 0 Å². The summed E-state index contributed by atoms with van der Waals surface area (Å²) in [5, 5.41) is 0. The van der Waals surface area contributed by atoms with Crippen molar-refractivity contribution in [1.82, 2.24) is 0 Å². The van der Waals surface area contributed by atoms with Crippen LogP contribution in [-0.2, 0) is 6.42 Å². The fraction of sp³-hybridized carbons (Fsp3) is 0.0769. The van der Waals surface area contributed by atoms with E-state index in [1.54, 1.807) is 0 Å². The molecule has 0 aliphatic carbocycles. The number of hydrogen-bond donors (Lipinski definition) is 0. The maximum absolute atomic E-state index is 3.12. The van der Waals surface area contributed by atoms with E-state index in [4.69, 9.17) is 0 Å². The highest BCUT2D eigenvalue weighted by Gasteiger charge is 1.94. The Morgan fingerprint density at radius 3 is 1.46 bits per heavy atom. The summed E-state index contributed by atoms with van der Waals surface area (Å²) in [5.41, 5.74) is 2.11. The second-order valence-electron chi connectivity index (χ2n) is 2.76. The van der Waals surface area contributed by atoms with Gasteiger partial charge in [0.15, 0.2) is 0 Å². The molecule has 0 fully saturated rings. The van der Waals surface area contributed by atoms with Crippen molar-refractivity contribution in [2.75, 3.05) is 0 Å². The zero-order valence-electron chi connectivity index (χ0n) is 7.17. The number of rotatable bonds is 2. The van der Waals surface area contributed by atoms with Gasteiger partial charge in [0, 0.05) is 0 Å². The van der Waals surface area contributed by atoms with Crippen molar-refractivity contribution in [2.24, 2.45) is 0 Å². The highest BCUT2D eigenvalue weighted by molar-refractivity contribution is 5.22. The molecule has 0 heterocycles. The zero-order valence-corrected chi connectivity index (χ0v) is 7.17. The molecule has 0 saturated heterocycles. The van der Waals surface area contributed by atoms with E-state index in [1.807, 2.05) is 36.4 Å². The van der Waals surface area contributed by atoms with Crippen LogP contribution in [0.5, 0.6) is 0 Å². The first-order chi connectivity index (χ1) is 6.45. The molecule has 13 heavy (non-hydrogen) atoms. The number of hydrogen-bond acceptors (Lipinski definition) is 0. The van der Waals surface area contributed by atoms with Crippen LogP contribution in [0.2, 0.25) is 0 Å². The van der Waals surface area contributed by atoms with Crippen LogP contribution in [0, 0.1) is 24.3 Å². The first-order valence-electron chi connectivity index (χ1n) is 4.20. The van der Waals surface area contributed by atoms with Crippen molar-refractivity contribution in [1.29, 1.82) is 0 Å². The summed E-state index contributed by atoms with van der Waals surface area (Å²) in [5.74, 6) is 0. The average Bonchev–Trinajstić information content (AvgIpc) is 2.21. The first-order valence-corrected chi connectivity index (χ1v) is 4.20. The maximum atomic E-state index is 3.12. The minimum Gasteiger partial charge on any atom is -0.0610 e. The van der Waals surface area contributed by atoms with Crippen LogP contribution in [0.3, 0.4) is 0 Å². The first kappa shape index (κ1) is 8.06. The van der Waals surface area contributed by atoms with Crippen molar-refractivity contribution in [3.05, 3.63) is 71.8 Å². The Labute approximate surface area is 78.9 Å². The lowest BCUT2D eigenvalue weighted by atomic mass is 10.1. The number of benzene rings is 2. The molecule has 0 spiro atoms. The zero-order chi connectivity index (χ0) is 8.93. The monoisotopic (exact) mass is 164 g/mol. The Hall–Kier alpha value is -1.56. The van der Waals surface area contributed by atoms with Gasteiger partial charge in [-0.25, -0.2) is 0 Å². The molecule has 4 radical (unpaired) electrons. The van der Waals surface area contributed by atoms with Crippen LogP contribution in [0.15, 0.2) is 36.4 Å². The predicted molar refractivity (Wildman–Crippen MR) is 51.0 cm³/mol. The molecule has 0 nitrogen and oxygen atoms in total. The third-order valence-corrected chi connectivity index (χ3v) is 1.77. The second kappa shape index (κ2) is 3.90. The predicted octanol–water partition coefficient (Wildman–Crippen LogP) is 2.48. The van der Waals surface area contributed by atoms with Crippen LogP contribution < -0.4 is 0 Å². The molecule has 0 amide bonds. The van der Waals surface area contributed by atoms with Gasteiger partial charge in [-0.3, -0.25) is 0 Å². The molecule has 0 aromatic heterocycles. The van der Waals surface area contributed by atoms with Gasteiger partial charge in [0.25, 0.3) is 0 Å². The minimum absolute atomic E-state index is 0.807. The van der Waals surface area contributed by atoms with Gasteiger partial charge in [0.1, 0.15) is 0 Å². The van der Waals surface area contributed by atoms with Crippen LogP contribution in [0.1, 0.15) is 11.1 Å². The largest absolute Gasteiger partial charge is 0.0610 e. The lowest BCUT2D eigenvalue weighted by molar-refractivity contribution is 1.18. The molecule has 0 aliphatic rings. The summed E-state index contributed by atoms with van der Waals surface area (Å²) < 4.78 is 0. The van der Waals surface area contributed by atoms with E-state index in [1.165, 1.54) is 0 Å². The van der Waals surface area contributed by atoms with Crippen molar-refractivity contribution in [2.45, 2.75) is 6.42 Å². The quantitative estimate of drug-likeness (QED) is 0.639. The van der Waals surface area contributed by atoms with Gasteiger partial charge in [0.2, 0.25) is 0 Å². The second-order valence-corrected chi connectivity index (χ2v) is 2.76. The van der Waals surface area contributed by atoms with Crippen molar-refractivity contribution < 1.29 is 0 Å². The maximum Gasteiger partial charge on any atom is -0.000111 e. The smallest absolute Gasteiger partial charge is 0.000111 e. The summed E-state index contributed by atoms with van der Waals surface area (Å²) in [6.45, 7) is 0. The molecule has 60 valence electrons. The van der Waals surface area contributed by atoms with Crippen molar-refractivity contribution in [3.8, 4) is 0 Å². The molecule has 0 aliphatic heterocycles. The molecule has 2 rings (SSSR count). The summed E-state index contributed by atoms with van der Waals surface area (Å²) in [6.07, 6.45) is 0.807. The molecule has 2 aromatic carbocycles. The van der Waals surface area contributed by atoms with Crippen molar-refractivity contribution in [3.63, 3.8) is 0 Å². The standard InChI is InChI=1S/C13H8/c1-3-7-12(8-4-1)11-13-9-5-2-6-10-13/h1-6H,11H2. The Morgan fingerprint density at radius 2 is 1.08 bits per heavy atom. The van der Waals surface area contributed by atoms with Gasteiger partial charge in [-0.15, -0.1) is 0 Å². The summed E-state index contributed by atoms with van der Waals surface area (Å²) >= 11 is 0. The van der Waals surface area contributed by atoms with E-state index in [-0.39, 0.29) is 0 Å². The topological polar surface area (TPSA) is 0 Å². The Kier molecular flexibility index (Phi) is 2.42. The molecule has 2 aromatic rings. The fourth-order valence-electron chi connectivity index (χ4n) is 1.16. The van der Waals surface area contributed by atoms with Gasteiger partial charge in [-0.2, -0.15) is 0 Å². The van der Waals surface area contributed by atoms with Gasteiger partial charge in [0.05, 0.1) is 0 Å². The van der Waals surface area contributed by atoms with Gasteiger partial charge >= 0.3 is 0 Å². The third kappa shape index (κ3) is 2.19. The molecule has 0 unspecified atom stereocenters. The van der Waals surface area contributed by atoms with E-state index < -0.39 is 0 Å². The minimum atomic E-state index is 0.807. The van der Waals surface area contributed by atoms with E-state index in [0.29, 0.717) is 0 Å². The van der Waals surface area contributed by atoms with Crippen molar-refractivity contribution >= 4 is 0 Å². The molecule has 0 N–H and O–H groups in total. The molecule has 0 saturated carbocycles. The fourth-order valence-corrected chi connectivity index (χ4v) is 1.16. The highest BCUT2D eigenvalue weighted by atomic mass is 14.0. The Balaban J connectivity index is 2.16. The summed E-state index contributed by atoms with van der Waals surface area (Å²) in [6, 6.07) is 23.9.